The van der Waals surface area contributed by atoms with E-state index in [0.29, 0.717) is 30.0 Å². The third-order valence-electron chi connectivity index (χ3n) is 7.31. The molecule has 0 spiro atoms. The number of hydrogen-bond acceptors (Lipinski definition) is 6. The molecule has 0 bridgehead atoms. The number of imidazole rings is 1. The number of anilines is 1. The van der Waals surface area contributed by atoms with Gasteiger partial charge < -0.3 is 14.8 Å². The summed E-state index contributed by atoms with van der Waals surface area (Å²) >= 11 is 0. The van der Waals surface area contributed by atoms with Crippen molar-refractivity contribution in [1.82, 2.24) is 34.6 Å². The largest absolute Gasteiger partial charge is 0.342 e. The fourth-order valence-corrected chi connectivity index (χ4v) is 5.13. The van der Waals surface area contributed by atoms with Gasteiger partial charge in [-0.3, -0.25) is 9.48 Å². The van der Waals surface area contributed by atoms with Crippen LogP contribution in [-0.2, 0) is 10.3 Å². The molecule has 5 heterocycles. The summed E-state index contributed by atoms with van der Waals surface area (Å²) in [6.07, 6.45) is 10.9. The Hall–Kier alpha value is -2.97. The Kier molecular flexibility index (Phi) is 4.26. The highest BCUT2D eigenvalue weighted by Gasteiger charge is 2.50. The molecule has 3 aromatic heterocycles. The standard InChI is InChI=1S/C22H28N8O/c1-15-5-12-29(14-16(15)19(31)28-9-2-3-10-28)21-23-13-17-18(27-21)26-20(25-17)22(6-7-22)30-11-4-8-24-30/h4,8,11,13,15-16H,2-3,5-7,9-10,12,14H2,1H3,(H,23,25,26,27)/t15-,16-/m0/s1. The number of hydrogen-bond donors (Lipinski definition) is 1. The molecular weight excluding hydrogens is 392 g/mol. The molecule has 2 atom stereocenters. The number of amides is 1. The first-order chi connectivity index (χ1) is 15.1. The summed E-state index contributed by atoms with van der Waals surface area (Å²) in [5.41, 5.74) is 1.34. The number of rotatable bonds is 4. The minimum atomic E-state index is -0.182. The van der Waals surface area contributed by atoms with E-state index in [1.807, 2.05) is 28.0 Å². The first-order valence-corrected chi connectivity index (χ1v) is 11.4. The Balaban J connectivity index is 1.26. The van der Waals surface area contributed by atoms with E-state index >= 15 is 0 Å². The monoisotopic (exact) mass is 420 g/mol. The molecule has 0 unspecified atom stereocenters. The van der Waals surface area contributed by atoms with Crippen LogP contribution in [-0.4, -0.2) is 66.7 Å². The predicted octanol–water partition coefficient (Wildman–Crippen LogP) is 2.17. The lowest BCUT2D eigenvalue weighted by Crippen LogP contribution is -2.48. The van der Waals surface area contributed by atoms with Crippen molar-refractivity contribution < 1.29 is 4.79 Å². The molecule has 3 aromatic rings. The molecule has 9 nitrogen and oxygen atoms in total. The lowest BCUT2D eigenvalue weighted by molar-refractivity contribution is -0.136. The second-order valence-corrected chi connectivity index (χ2v) is 9.33. The van der Waals surface area contributed by atoms with Crippen LogP contribution in [0.4, 0.5) is 5.95 Å². The maximum absolute atomic E-state index is 13.1. The highest BCUT2D eigenvalue weighted by atomic mass is 16.2. The van der Waals surface area contributed by atoms with Crippen molar-refractivity contribution in [3.8, 4) is 0 Å². The maximum atomic E-state index is 13.1. The van der Waals surface area contributed by atoms with Crippen LogP contribution in [0.3, 0.4) is 0 Å². The Morgan fingerprint density at radius 2 is 2.03 bits per heavy atom. The maximum Gasteiger partial charge on any atom is 0.227 e. The number of piperidine rings is 1. The lowest BCUT2D eigenvalue weighted by Gasteiger charge is -2.37. The van der Waals surface area contributed by atoms with Crippen LogP contribution >= 0.6 is 0 Å². The number of aromatic nitrogens is 6. The average Bonchev–Trinajstić information content (AvgIpc) is 3.23. The Morgan fingerprint density at radius 1 is 1.19 bits per heavy atom. The van der Waals surface area contributed by atoms with E-state index in [9.17, 15) is 4.79 Å². The predicted molar refractivity (Wildman–Crippen MR) is 116 cm³/mol. The van der Waals surface area contributed by atoms with Gasteiger partial charge in [0.25, 0.3) is 0 Å². The van der Waals surface area contributed by atoms with Gasteiger partial charge in [-0.1, -0.05) is 6.92 Å². The van der Waals surface area contributed by atoms with Crippen molar-refractivity contribution >= 4 is 23.0 Å². The lowest BCUT2D eigenvalue weighted by atomic mass is 9.86. The number of fused-ring (bicyclic) bond motifs is 1. The van der Waals surface area contributed by atoms with Gasteiger partial charge in [0.05, 0.1) is 12.1 Å². The van der Waals surface area contributed by atoms with Gasteiger partial charge in [-0.05, 0) is 44.1 Å². The van der Waals surface area contributed by atoms with E-state index < -0.39 is 0 Å². The Morgan fingerprint density at radius 3 is 2.77 bits per heavy atom. The second kappa shape index (κ2) is 7.03. The smallest absolute Gasteiger partial charge is 0.227 e. The zero-order valence-electron chi connectivity index (χ0n) is 17.9. The van der Waals surface area contributed by atoms with Crippen LogP contribution in [0.25, 0.3) is 11.2 Å². The van der Waals surface area contributed by atoms with Crippen LogP contribution in [0.1, 0.15) is 44.9 Å². The molecule has 3 fully saturated rings. The minimum absolute atomic E-state index is 0.00967. The SMILES string of the molecule is C[C@H]1CCN(c2ncc3[nH]c(C4(n5cccn5)CC4)nc3n2)C[C@@H]1C(=O)N1CCCC1. The van der Waals surface area contributed by atoms with Gasteiger partial charge in [-0.15, -0.1) is 0 Å². The molecule has 2 aliphatic heterocycles. The van der Waals surface area contributed by atoms with Crippen LogP contribution in [0.2, 0.25) is 0 Å². The summed E-state index contributed by atoms with van der Waals surface area (Å²) in [7, 11) is 0. The normalized spacial score (nSPS) is 25.3. The van der Waals surface area contributed by atoms with Crippen LogP contribution in [0, 0.1) is 11.8 Å². The topological polar surface area (TPSA) is 95.8 Å². The third-order valence-corrected chi connectivity index (χ3v) is 7.31. The summed E-state index contributed by atoms with van der Waals surface area (Å²) in [4.78, 5) is 34.9. The van der Waals surface area contributed by atoms with E-state index in [0.717, 1.165) is 63.1 Å². The van der Waals surface area contributed by atoms with E-state index in [-0.39, 0.29) is 11.5 Å². The van der Waals surface area contributed by atoms with E-state index in [2.05, 4.69) is 26.9 Å². The van der Waals surface area contributed by atoms with Gasteiger partial charge in [-0.25, -0.2) is 9.97 Å². The van der Waals surface area contributed by atoms with Gasteiger partial charge >= 0.3 is 0 Å². The zero-order valence-corrected chi connectivity index (χ0v) is 17.9. The van der Waals surface area contributed by atoms with Gasteiger partial charge in [0, 0.05) is 38.6 Å². The molecule has 162 valence electrons. The zero-order chi connectivity index (χ0) is 21.0. The molecular formula is C22H28N8O. The average molecular weight is 421 g/mol. The van der Waals surface area contributed by atoms with Crippen molar-refractivity contribution in [3.05, 3.63) is 30.5 Å². The summed E-state index contributed by atoms with van der Waals surface area (Å²) in [5, 5.41) is 4.43. The van der Waals surface area contributed by atoms with Crippen molar-refractivity contribution in [3.63, 3.8) is 0 Å². The second-order valence-electron chi connectivity index (χ2n) is 9.33. The Labute approximate surface area is 180 Å². The summed E-state index contributed by atoms with van der Waals surface area (Å²) in [6.45, 7) is 5.54. The molecule has 6 rings (SSSR count). The van der Waals surface area contributed by atoms with E-state index in [4.69, 9.17) is 9.97 Å². The number of carbonyl (C=O) groups excluding carboxylic acids is 1. The number of nitrogens with one attached hydrogen (secondary N) is 1. The number of carbonyl (C=O) groups is 1. The highest BCUT2D eigenvalue weighted by molar-refractivity contribution is 5.80. The molecule has 0 aromatic carbocycles. The van der Waals surface area contributed by atoms with Gasteiger partial charge in [0.1, 0.15) is 16.9 Å². The van der Waals surface area contributed by atoms with Gasteiger partial charge in [0.2, 0.25) is 11.9 Å². The minimum Gasteiger partial charge on any atom is -0.342 e. The van der Waals surface area contributed by atoms with Gasteiger partial charge in [0.15, 0.2) is 5.65 Å². The Bertz CT molecular complexity index is 1100. The summed E-state index contributed by atoms with van der Waals surface area (Å²) in [5.74, 6) is 2.25. The molecule has 9 heteroatoms. The van der Waals surface area contributed by atoms with Crippen LogP contribution < -0.4 is 4.90 Å². The quantitative estimate of drug-likeness (QED) is 0.695. The van der Waals surface area contributed by atoms with Crippen molar-refractivity contribution in [2.24, 2.45) is 11.8 Å². The first kappa shape index (κ1) is 18.8. The molecule has 1 saturated carbocycles. The molecule has 1 N–H and O–H groups in total. The highest BCUT2D eigenvalue weighted by Crippen LogP contribution is 2.47. The number of likely N-dealkylation sites (tertiary alicyclic amines) is 1. The fraction of sp³-hybridized carbons (Fsp3) is 0.591. The fourth-order valence-electron chi connectivity index (χ4n) is 5.13. The van der Waals surface area contributed by atoms with E-state index in [1.54, 1.807) is 6.20 Å². The molecule has 0 radical (unpaired) electrons. The first-order valence-electron chi connectivity index (χ1n) is 11.4. The molecule has 3 aliphatic rings. The molecule has 1 aliphatic carbocycles. The van der Waals surface area contributed by atoms with Gasteiger partial charge in [-0.2, -0.15) is 10.1 Å². The third kappa shape index (κ3) is 3.09. The van der Waals surface area contributed by atoms with Crippen LogP contribution in [0.15, 0.2) is 24.7 Å². The number of H-pyrrole nitrogens is 1. The molecule has 31 heavy (non-hydrogen) atoms. The van der Waals surface area contributed by atoms with Crippen LogP contribution in [0.5, 0.6) is 0 Å². The summed E-state index contributed by atoms with van der Waals surface area (Å²) in [6, 6.07) is 1.94. The number of aromatic amines is 1. The van der Waals surface area contributed by atoms with Crippen molar-refractivity contribution in [1.29, 1.82) is 0 Å². The molecule has 1 amide bonds. The van der Waals surface area contributed by atoms with Crippen molar-refractivity contribution in [2.75, 3.05) is 31.1 Å². The summed E-state index contributed by atoms with van der Waals surface area (Å²) < 4.78 is 1.99. The van der Waals surface area contributed by atoms with Crippen molar-refractivity contribution in [2.45, 2.75) is 44.6 Å². The number of nitrogens with zero attached hydrogens (tertiary/aromatic N) is 7. The van der Waals surface area contributed by atoms with E-state index in [1.165, 1.54) is 0 Å². The molecule has 2 saturated heterocycles.